The van der Waals surface area contributed by atoms with E-state index in [9.17, 15) is 35.4 Å². The van der Waals surface area contributed by atoms with Crippen LogP contribution in [0, 0.1) is 6.92 Å². The minimum absolute atomic E-state index is 0.0618. The highest BCUT2D eigenvalue weighted by molar-refractivity contribution is 5.86. The lowest BCUT2D eigenvalue weighted by Gasteiger charge is -2.40. The highest BCUT2D eigenvalue weighted by Crippen LogP contribution is 2.42. The fourth-order valence-corrected chi connectivity index (χ4v) is 3.70. The molecule has 30 heavy (non-hydrogen) atoms. The van der Waals surface area contributed by atoms with Crippen LogP contribution in [0.25, 0.3) is 11.0 Å². The maximum absolute atomic E-state index is 12.8. The van der Waals surface area contributed by atoms with E-state index in [-0.39, 0.29) is 28.0 Å². The fourth-order valence-electron chi connectivity index (χ4n) is 3.70. The second-order valence-corrected chi connectivity index (χ2v) is 7.46. The number of hydrogen-bond donors (Lipinski definition) is 6. The van der Waals surface area contributed by atoms with Crippen molar-refractivity contribution in [3.63, 3.8) is 0 Å². The summed E-state index contributed by atoms with van der Waals surface area (Å²) in [5.41, 5.74) is -0.0240. The molecule has 166 valence electrons. The molecule has 7 atom stereocenters. The van der Waals surface area contributed by atoms with Gasteiger partial charge in [-0.25, -0.2) is 0 Å². The summed E-state index contributed by atoms with van der Waals surface area (Å²) >= 11 is 0. The lowest BCUT2D eigenvalue weighted by molar-refractivity contribution is -0.231. The molecule has 0 unspecified atom stereocenters. The van der Waals surface area contributed by atoms with E-state index in [0.29, 0.717) is 5.56 Å². The largest absolute Gasteiger partial charge is 0.496 e. The molecule has 0 spiro atoms. The molecule has 1 fully saturated rings. The smallest absolute Gasteiger partial charge is 0.193 e. The number of methoxy groups -OCH3 is 1. The number of aryl methyl sites for hydroxylation is 1. The van der Waals surface area contributed by atoms with Gasteiger partial charge in [0.1, 0.15) is 53.7 Å². The Morgan fingerprint density at radius 1 is 1.13 bits per heavy atom. The van der Waals surface area contributed by atoms with Crippen molar-refractivity contribution in [2.75, 3.05) is 13.7 Å². The average Bonchev–Trinajstić information content (AvgIpc) is 2.71. The van der Waals surface area contributed by atoms with Crippen LogP contribution in [0.2, 0.25) is 0 Å². The zero-order valence-corrected chi connectivity index (χ0v) is 16.7. The van der Waals surface area contributed by atoms with Crippen LogP contribution in [-0.4, -0.2) is 74.9 Å². The molecule has 1 aromatic heterocycles. The summed E-state index contributed by atoms with van der Waals surface area (Å²) in [6.07, 6.45) is -10.1. The molecule has 6 N–H and O–H groups in total. The number of rotatable bonds is 5. The second kappa shape index (κ2) is 8.60. The first kappa shape index (κ1) is 22.6. The van der Waals surface area contributed by atoms with Gasteiger partial charge in [-0.1, -0.05) is 0 Å². The van der Waals surface area contributed by atoms with E-state index in [1.54, 1.807) is 6.92 Å². The number of hydrogen-bond acceptors (Lipinski definition) is 10. The highest BCUT2D eigenvalue weighted by Gasteiger charge is 2.46. The summed E-state index contributed by atoms with van der Waals surface area (Å²) in [6.45, 7) is 2.33. The zero-order chi connectivity index (χ0) is 22.3. The van der Waals surface area contributed by atoms with Gasteiger partial charge < -0.3 is 44.5 Å². The molecule has 0 bridgehead atoms. The lowest BCUT2D eigenvalue weighted by Crippen LogP contribution is -2.55. The Hall–Kier alpha value is -2.05. The van der Waals surface area contributed by atoms with Crippen molar-refractivity contribution in [2.24, 2.45) is 0 Å². The molecular formula is C20H26O10. The summed E-state index contributed by atoms with van der Waals surface area (Å²) in [7, 11) is 1.35. The van der Waals surface area contributed by atoms with Crippen molar-refractivity contribution in [1.82, 2.24) is 0 Å². The predicted molar refractivity (Wildman–Crippen MR) is 103 cm³/mol. The predicted octanol–water partition coefficient (Wildman–Crippen LogP) is -0.961. The van der Waals surface area contributed by atoms with Gasteiger partial charge in [0.2, 0.25) is 0 Å². The monoisotopic (exact) mass is 426 g/mol. The second-order valence-electron chi connectivity index (χ2n) is 7.46. The maximum Gasteiger partial charge on any atom is 0.193 e. The Morgan fingerprint density at radius 2 is 1.80 bits per heavy atom. The highest BCUT2D eigenvalue weighted by atomic mass is 16.5. The molecule has 1 saturated heterocycles. The van der Waals surface area contributed by atoms with Crippen LogP contribution in [0.5, 0.6) is 5.75 Å². The van der Waals surface area contributed by atoms with Gasteiger partial charge >= 0.3 is 0 Å². The summed E-state index contributed by atoms with van der Waals surface area (Å²) in [6, 6.07) is 2.59. The van der Waals surface area contributed by atoms with Gasteiger partial charge in [0.15, 0.2) is 5.43 Å². The van der Waals surface area contributed by atoms with Gasteiger partial charge in [-0.15, -0.1) is 0 Å². The minimum Gasteiger partial charge on any atom is -0.496 e. The minimum atomic E-state index is -1.65. The van der Waals surface area contributed by atoms with E-state index in [1.165, 1.54) is 20.1 Å². The molecule has 0 radical (unpaired) electrons. The van der Waals surface area contributed by atoms with E-state index in [0.717, 1.165) is 6.07 Å². The van der Waals surface area contributed by atoms with Gasteiger partial charge in [0, 0.05) is 6.07 Å². The molecule has 2 heterocycles. The van der Waals surface area contributed by atoms with Crippen LogP contribution < -0.4 is 10.2 Å². The molecule has 0 saturated carbocycles. The molecule has 2 aromatic rings. The molecule has 0 aliphatic carbocycles. The third kappa shape index (κ3) is 3.71. The van der Waals surface area contributed by atoms with Crippen LogP contribution in [0.4, 0.5) is 0 Å². The summed E-state index contributed by atoms with van der Waals surface area (Å²) < 4.78 is 16.8. The van der Waals surface area contributed by atoms with Crippen molar-refractivity contribution < 1.29 is 44.5 Å². The third-order valence-electron chi connectivity index (χ3n) is 5.36. The summed E-state index contributed by atoms with van der Waals surface area (Å²) in [4.78, 5) is 12.8. The van der Waals surface area contributed by atoms with Crippen LogP contribution in [0.3, 0.4) is 0 Å². The van der Waals surface area contributed by atoms with Crippen molar-refractivity contribution in [1.29, 1.82) is 0 Å². The molecule has 0 amide bonds. The Labute approximate surface area is 171 Å². The summed E-state index contributed by atoms with van der Waals surface area (Å²) in [5.74, 6) is -0.0443. The fraction of sp³-hybridized carbons (Fsp3) is 0.550. The Kier molecular flexibility index (Phi) is 6.48. The van der Waals surface area contributed by atoms with Crippen molar-refractivity contribution in [3.05, 3.63) is 39.2 Å². The van der Waals surface area contributed by atoms with Crippen molar-refractivity contribution in [3.8, 4) is 5.75 Å². The first-order valence-corrected chi connectivity index (χ1v) is 9.44. The maximum atomic E-state index is 12.8. The first-order chi connectivity index (χ1) is 14.1. The zero-order valence-electron chi connectivity index (χ0n) is 16.7. The molecule has 3 rings (SSSR count). The van der Waals surface area contributed by atoms with Crippen LogP contribution in [0.1, 0.15) is 36.0 Å². The van der Waals surface area contributed by atoms with Crippen molar-refractivity contribution in [2.45, 2.75) is 56.6 Å². The molecule has 1 aliphatic rings. The molecule has 1 aliphatic heterocycles. The van der Waals surface area contributed by atoms with Crippen LogP contribution in [-0.2, 0) is 4.74 Å². The van der Waals surface area contributed by atoms with Gasteiger partial charge in [-0.05, 0) is 25.5 Å². The van der Waals surface area contributed by atoms with E-state index in [4.69, 9.17) is 13.9 Å². The Bertz CT molecular complexity index is 966. The average molecular weight is 426 g/mol. The number of ether oxygens (including phenoxy) is 2. The molecular weight excluding hydrogens is 400 g/mol. The van der Waals surface area contributed by atoms with Gasteiger partial charge in [-0.2, -0.15) is 0 Å². The topological polar surface area (TPSA) is 170 Å². The SMILES string of the molecule is COc1cc(C)c2c(=O)cc([C@H](O)[C@H](C)O)oc2c1[C@@H]1O[C@H](CO)[C@@H](O)[C@H](O)[C@H]1O. The van der Waals surface area contributed by atoms with Gasteiger partial charge in [0.05, 0.1) is 30.8 Å². The number of aliphatic hydroxyl groups excluding tert-OH is 6. The summed E-state index contributed by atoms with van der Waals surface area (Å²) in [5, 5.41) is 60.3. The van der Waals surface area contributed by atoms with E-state index < -0.39 is 54.8 Å². The van der Waals surface area contributed by atoms with E-state index in [2.05, 4.69) is 0 Å². The number of fused-ring (bicyclic) bond motifs is 1. The normalized spacial score (nSPS) is 29.0. The van der Waals surface area contributed by atoms with E-state index in [1.807, 2.05) is 0 Å². The lowest BCUT2D eigenvalue weighted by atomic mass is 9.89. The molecule has 10 heteroatoms. The third-order valence-corrected chi connectivity index (χ3v) is 5.36. The first-order valence-electron chi connectivity index (χ1n) is 9.44. The van der Waals surface area contributed by atoms with Gasteiger partial charge in [0.25, 0.3) is 0 Å². The Balaban J connectivity index is 2.31. The quantitative estimate of drug-likeness (QED) is 0.350. The number of aliphatic hydroxyl groups is 6. The standard InChI is InChI=1S/C20H26O10/c1-7-4-10(28-3)14(20-18(27)17(26)16(25)12(6-21)30-20)19-13(7)9(23)5-11(29-19)15(24)8(2)22/h4-5,8,12,15-18,20-22,24-27H,6H2,1-3H3/t8-,12+,15+,16+,17-,18+,20-/m0/s1. The number of benzene rings is 1. The van der Waals surface area contributed by atoms with Gasteiger partial charge in [-0.3, -0.25) is 4.79 Å². The van der Waals surface area contributed by atoms with Crippen molar-refractivity contribution >= 4 is 11.0 Å². The molecule has 1 aromatic carbocycles. The van der Waals surface area contributed by atoms with Crippen LogP contribution in [0.15, 0.2) is 21.3 Å². The van der Waals surface area contributed by atoms with Crippen LogP contribution >= 0.6 is 0 Å². The Morgan fingerprint density at radius 3 is 2.37 bits per heavy atom. The molecule has 10 nitrogen and oxygen atoms in total. The van der Waals surface area contributed by atoms with E-state index >= 15 is 0 Å².